The average Bonchev–Trinajstić information content (AvgIpc) is 1.67. The third kappa shape index (κ3) is 3.08. The Morgan fingerprint density at radius 1 is 1.50 bits per heavy atom. The summed E-state index contributed by atoms with van der Waals surface area (Å²) >= 11 is 0. The lowest BCUT2D eigenvalue weighted by Gasteiger charge is -2.19. The fraction of sp³-hybridized carbons (Fsp3) is 1.00. The molecule has 0 aromatic heterocycles. The Morgan fingerprint density at radius 2 is 2.00 bits per heavy atom. The summed E-state index contributed by atoms with van der Waals surface area (Å²) in [7, 11) is 7.41. The molecule has 0 heterocycles. The van der Waals surface area contributed by atoms with E-state index in [4.69, 9.17) is 7.85 Å². The van der Waals surface area contributed by atoms with E-state index in [9.17, 15) is 0 Å². The number of hydrogen-bond donors (Lipinski definition) is 0. The minimum absolute atomic E-state index is 0.624. The van der Waals surface area contributed by atoms with Crippen LogP contribution in [-0.2, 0) is 0 Å². The molecule has 0 aliphatic rings. The molecule has 0 unspecified atom stereocenters. The first-order valence-electron chi connectivity index (χ1n) is 3.08. The maximum Gasteiger partial charge on any atom is 0.0670 e. The topological polar surface area (TPSA) is 3.24 Å². The van der Waals surface area contributed by atoms with E-state index in [1.54, 1.807) is 0 Å². The first kappa shape index (κ1) is 8.02. The first-order valence-corrected chi connectivity index (χ1v) is 3.08. The molecule has 0 saturated carbocycles. The molecule has 2 heteroatoms. The van der Waals surface area contributed by atoms with Crippen LogP contribution < -0.4 is 0 Å². The van der Waals surface area contributed by atoms with Crippen molar-refractivity contribution in [3.63, 3.8) is 0 Å². The monoisotopic (exact) mass is 111 g/mol. The molecule has 0 bridgehead atoms. The summed E-state index contributed by atoms with van der Waals surface area (Å²) in [6, 6.07) is 0.624. The third-order valence-electron chi connectivity index (χ3n) is 1.36. The van der Waals surface area contributed by atoms with Crippen molar-refractivity contribution < 1.29 is 0 Å². The van der Waals surface area contributed by atoms with Gasteiger partial charge < -0.3 is 4.90 Å². The summed E-state index contributed by atoms with van der Waals surface area (Å²) in [6.07, 6.45) is 0.759. The molecule has 0 aliphatic carbocycles. The number of nitrogens with zero attached hydrogens (tertiary/aromatic N) is 1. The third-order valence-corrected chi connectivity index (χ3v) is 1.36. The summed E-state index contributed by atoms with van der Waals surface area (Å²) in [5, 5.41) is 0. The zero-order chi connectivity index (χ0) is 6.57. The Hall–Kier alpha value is 0.0249. The molecule has 0 rings (SSSR count). The van der Waals surface area contributed by atoms with Crippen molar-refractivity contribution in [3.8, 4) is 0 Å². The molecule has 2 radical (unpaired) electrons. The Balaban J connectivity index is 3.17. The van der Waals surface area contributed by atoms with Gasteiger partial charge in [0.25, 0.3) is 0 Å². The van der Waals surface area contributed by atoms with Crippen LogP contribution >= 0.6 is 0 Å². The van der Waals surface area contributed by atoms with Crippen LogP contribution in [-0.4, -0.2) is 32.4 Å². The van der Waals surface area contributed by atoms with Crippen molar-refractivity contribution in [1.82, 2.24) is 4.90 Å². The number of hydrogen-bond acceptors (Lipinski definition) is 1. The Labute approximate surface area is 53.5 Å². The van der Waals surface area contributed by atoms with Crippen molar-refractivity contribution >= 4 is 7.85 Å². The van der Waals surface area contributed by atoms with Gasteiger partial charge in [0, 0.05) is 6.04 Å². The molecule has 0 aromatic rings. The zero-order valence-electron chi connectivity index (χ0n) is 6.02. The quantitative estimate of drug-likeness (QED) is 0.489. The normalized spacial score (nSPS) is 11.1. The molecule has 0 saturated heterocycles. The van der Waals surface area contributed by atoms with E-state index in [2.05, 4.69) is 25.8 Å². The highest BCUT2D eigenvalue weighted by molar-refractivity contribution is 6.08. The largest absolute Gasteiger partial charge is 0.305 e. The molecule has 0 spiro atoms. The average molecular weight is 111 g/mol. The van der Waals surface area contributed by atoms with Crippen LogP contribution in [0.25, 0.3) is 0 Å². The summed E-state index contributed by atoms with van der Waals surface area (Å²) in [5.74, 6) is 0. The van der Waals surface area contributed by atoms with Crippen molar-refractivity contribution in [2.45, 2.75) is 26.2 Å². The van der Waals surface area contributed by atoms with Crippen molar-refractivity contribution in [2.24, 2.45) is 0 Å². The fourth-order valence-corrected chi connectivity index (χ4v) is 0.462. The summed E-state index contributed by atoms with van der Waals surface area (Å²) in [4.78, 5) is 2.22. The SMILES string of the molecule is [B]CCN(C)C(C)C. The molecule has 0 N–H and O–H groups in total. The molecule has 0 aromatic carbocycles. The van der Waals surface area contributed by atoms with Gasteiger partial charge in [0.05, 0.1) is 7.85 Å². The van der Waals surface area contributed by atoms with Gasteiger partial charge in [-0.2, -0.15) is 0 Å². The van der Waals surface area contributed by atoms with E-state index in [1.165, 1.54) is 0 Å². The predicted molar refractivity (Wildman–Crippen MR) is 38.3 cm³/mol. The molecule has 0 fully saturated rings. The second-order valence-electron chi connectivity index (χ2n) is 2.36. The van der Waals surface area contributed by atoms with Crippen molar-refractivity contribution in [1.29, 1.82) is 0 Å². The minimum Gasteiger partial charge on any atom is -0.305 e. The maximum atomic E-state index is 5.33. The second-order valence-corrected chi connectivity index (χ2v) is 2.36. The van der Waals surface area contributed by atoms with Crippen LogP contribution in [0.5, 0.6) is 0 Å². The van der Waals surface area contributed by atoms with Crippen LogP contribution in [0.4, 0.5) is 0 Å². The van der Waals surface area contributed by atoms with E-state index in [-0.39, 0.29) is 0 Å². The lowest BCUT2D eigenvalue weighted by molar-refractivity contribution is 0.289. The molecule has 1 nitrogen and oxygen atoms in total. The fourth-order valence-electron chi connectivity index (χ4n) is 0.462. The van der Waals surface area contributed by atoms with Gasteiger partial charge in [-0.25, -0.2) is 0 Å². The van der Waals surface area contributed by atoms with E-state index >= 15 is 0 Å². The Kier molecular flexibility index (Phi) is 3.97. The van der Waals surface area contributed by atoms with Crippen LogP contribution in [0.1, 0.15) is 13.8 Å². The highest BCUT2D eigenvalue weighted by atomic mass is 15.1. The molecule has 0 aliphatic heterocycles. The van der Waals surface area contributed by atoms with E-state index in [1.807, 2.05) is 0 Å². The van der Waals surface area contributed by atoms with Gasteiger partial charge in [0.2, 0.25) is 0 Å². The highest BCUT2D eigenvalue weighted by Gasteiger charge is 1.98. The van der Waals surface area contributed by atoms with E-state index in [0.717, 1.165) is 12.9 Å². The number of rotatable bonds is 3. The molecular weight excluding hydrogens is 96.9 g/mol. The van der Waals surface area contributed by atoms with Crippen molar-refractivity contribution in [3.05, 3.63) is 0 Å². The molecular formula is C6H14BN. The standard InChI is InChI=1S/C6H14BN/c1-6(2)8(3)5-4-7/h6H,4-5H2,1-3H3. The Bertz CT molecular complexity index is 54.5. The molecule has 8 heavy (non-hydrogen) atoms. The van der Waals surface area contributed by atoms with E-state index in [0.29, 0.717) is 6.04 Å². The molecule has 46 valence electrons. The summed E-state index contributed by atoms with van der Waals surface area (Å²) in [6.45, 7) is 5.32. The van der Waals surface area contributed by atoms with Gasteiger partial charge in [0.15, 0.2) is 0 Å². The zero-order valence-corrected chi connectivity index (χ0v) is 6.02. The first-order chi connectivity index (χ1) is 3.68. The lowest BCUT2D eigenvalue weighted by Crippen LogP contribution is -2.26. The lowest BCUT2D eigenvalue weighted by atomic mass is 10.1. The molecule has 0 atom stereocenters. The van der Waals surface area contributed by atoms with Crippen molar-refractivity contribution in [2.75, 3.05) is 13.6 Å². The van der Waals surface area contributed by atoms with E-state index < -0.39 is 0 Å². The van der Waals surface area contributed by atoms with Gasteiger partial charge in [-0.1, -0.05) is 6.32 Å². The second kappa shape index (κ2) is 3.96. The predicted octanol–water partition coefficient (Wildman–Crippen LogP) is 0.913. The highest BCUT2D eigenvalue weighted by Crippen LogP contribution is 1.92. The van der Waals surface area contributed by atoms with Crippen LogP contribution in [0, 0.1) is 0 Å². The van der Waals surface area contributed by atoms with Crippen LogP contribution in [0.15, 0.2) is 0 Å². The maximum absolute atomic E-state index is 5.33. The summed E-state index contributed by atoms with van der Waals surface area (Å²) in [5.41, 5.74) is 0. The smallest absolute Gasteiger partial charge is 0.0670 e. The van der Waals surface area contributed by atoms with Gasteiger partial charge in [-0.05, 0) is 27.4 Å². The van der Waals surface area contributed by atoms with Crippen LogP contribution in [0.2, 0.25) is 6.32 Å². The van der Waals surface area contributed by atoms with Gasteiger partial charge >= 0.3 is 0 Å². The van der Waals surface area contributed by atoms with Gasteiger partial charge in [-0.3, -0.25) is 0 Å². The minimum atomic E-state index is 0.624. The van der Waals surface area contributed by atoms with Crippen LogP contribution in [0.3, 0.4) is 0 Å². The van der Waals surface area contributed by atoms with Gasteiger partial charge in [-0.15, -0.1) is 0 Å². The molecule has 0 amide bonds. The summed E-state index contributed by atoms with van der Waals surface area (Å²) < 4.78 is 0. The van der Waals surface area contributed by atoms with Gasteiger partial charge in [0.1, 0.15) is 0 Å². The Morgan fingerprint density at radius 3 is 2.12 bits per heavy atom.